The fourth-order valence-electron chi connectivity index (χ4n) is 4.52. The van der Waals surface area contributed by atoms with E-state index in [-0.39, 0.29) is 24.0 Å². The standard InChI is InChI=1S/C21H37N5OS.HI/c1-17-19(28-18(2)25-17)7-10-23-20(22-3)24-15-21(8-5-4-6-9-21)16-26-11-13-27-14-12-26;/h4-16H2,1-3H3,(H2,22,23,24);1H. The molecule has 0 unspecified atom stereocenters. The lowest BCUT2D eigenvalue weighted by Crippen LogP contribution is -2.51. The molecule has 1 saturated heterocycles. The zero-order chi connectivity index (χ0) is 19.8. The van der Waals surface area contributed by atoms with Crippen molar-refractivity contribution < 1.29 is 4.74 Å². The Kier molecular flexibility index (Phi) is 10.6. The van der Waals surface area contributed by atoms with Crippen LogP contribution < -0.4 is 10.6 Å². The molecule has 3 rings (SSSR count). The Balaban J connectivity index is 0.00000300. The van der Waals surface area contributed by atoms with Gasteiger partial charge in [-0.2, -0.15) is 0 Å². The SMILES string of the molecule is CN=C(NCCc1sc(C)nc1C)NCC1(CN2CCOCC2)CCCCC1.I. The zero-order valence-corrected chi connectivity index (χ0v) is 21.4. The van der Waals surface area contributed by atoms with Crippen LogP contribution in [0.2, 0.25) is 0 Å². The van der Waals surface area contributed by atoms with E-state index in [2.05, 4.69) is 39.4 Å². The van der Waals surface area contributed by atoms with Crippen molar-refractivity contribution in [3.63, 3.8) is 0 Å². The Morgan fingerprint density at radius 2 is 1.90 bits per heavy atom. The molecule has 8 heteroatoms. The number of thiazole rings is 1. The molecule has 6 nitrogen and oxygen atoms in total. The first-order chi connectivity index (χ1) is 13.6. The van der Waals surface area contributed by atoms with Crippen molar-refractivity contribution in [3.05, 3.63) is 15.6 Å². The average molecular weight is 536 g/mol. The predicted molar refractivity (Wildman–Crippen MR) is 133 cm³/mol. The Morgan fingerprint density at radius 3 is 2.52 bits per heavy atom. The fraction of sp³-hybridized carbons (Fsp3) is 0.810. The maximum atomic E-state index is 5.54. The number of rotatable bonds is 7. The van der Waals surface area contributed by atoms with Gasteiger partial charge in [-0.3, -0.25) is 9.89 Å². The molecule has 0 spiro atoms. The molecule has 0 radical (unpaired) electrons. The van der Waals surface area contributed by atoms with Crippen LogP contribution in [0.1, 0.15) is 47.7 Å². The number of hydrogen-bond acceptors (Lipinski definition) is 5. The van der Waals surface area contributed by atoms with Crippen LogP contribution in [0.25, 0.3) is 0 Å². The van der Waals surface area contributed by atoms with Crippen molar-refractivity contribution in [1.82, 2.24) is 20.5 Å². The summed E-state index contributed by atoms with van der Waals surface area (Å²) in [4.78, 5) is 13.0. The third-order valence-corrected chi connectivity index (χ3v) is 7.21. The van der Waals surface area contributed by atoms with Gasteiger partial charge in [-0.15, -0.1) is 35.3 Å². The maximum Gasteiger partial charge on any atom is 0.191 e. The zero-order valence-electron chi connectivity index (χ0n) is 18.3. The van der Waals surface area contributed by atoms with E-state index >= 15 is 0 Å². The van der Waals surface area contributed by atoms with Gasteiger partial charge in [0.25, 0.3) is 0 Å². The minimum absolute atomic E-state index is 0. The Hall–Kier alpha value is -0.450. The van der Waals surface area contributed by atoms with E-state index in [1.807, 2.05) is 7.05 Å². The van der Waals surface area contributed by atoms with Gasteiger partial charge in [0.2, 0.25) is 0 Å². The summed E-state index contributed by atoms with van der Waals surface area (Å²) >= 11 is 1.80. The topological polar surface area (TPSA) is 61.8 Å². The van der Waals surface area contributed by atoms with Gasteiger partial charge in [0.15, 0.2) is 5.96 Å². The Morgan fingerprint density at radius 1 is 1.17 bits per heavy atom. The van der Waals surface area contributed by atoms with E-state index < -0.39 is 0 Å². The first kappa shape index (κ1) is 24.8. The molecule has 1 aromatic heterocycles. The van der Waals surface area contributed by atoms with Gasteiger partial charge in [-0.1, -0.05) is 19.3 Å². The third kappa shape index (κ3) is 7.63. The van der Waals surface area contributed by atoms with Gasteiger partial charge < -0.3 is 15.4 Å². The van der Waals surface area contributed by atoms with Crippen LogP contribution in [0.4, 0.5) is 0 Å². The van der Waals surface area contributed by atoms with Crippen LogP contribution in [0.15, 0.2) is 4.99 Å². The smallest absolute Gasteiger partial charge is 0.191 e. The molecule has 1 aliphatic heterocycles. The number of aromatic nitrogens is 1. The molecule has 1 saturated carbocycles. The summed E-state index contributed by atoms with van der Waals surface area (Å²) in [6.45, 7) is 11.1. The number of nitrogens with zero attached hydrogens (tertiary/aromatic N) is 3. The Bertz CT molecular complexity index is 639. The van der Waals surface area contributed by atoms with Gasteiger partial charge in [0, 0.05) is 56.5 Å². The molecular weight excluding hydrogens is 497 g/mol. The number of aliphatic imine (C=N–C) groups is 1. The number of morpholine rings is 1. The molecule has 29 heavy (non-hydrogen) atoms. The van der Waals surface area contributed by atoms with Crippen LogP contribution in [0, 0.1) is 19.3 Å². The van der Waals surface area contributed by atoms with Crippen LogP contribution in [0.3, 0.4) is 0 Å². The van der Waals surface area contributed by atoms with E-state index in [1.165, 1.54) is 49.2 Å². The van der Waals surface area contributed by atoms with Crippen LogP contribution in [-0.2, 0) is 11.2 Å². The number of guanidine groups is 1. The highest BCUT2D eigenvalue weighted by Gasteiger charge is 2.34. The molecule has 0 amide bonds. The molecule has 2 aliphatic rings. The van der Waals surface area contributed by atoms with Gasteiger partial charge in [-0.05, 0) is 26.7 Å². The number of aryl methyl sites for hydroxylation is 2. The molecule has 0 bridgehead atoms. The van der Waals surface area contributed by atoms with E-state index in [0.29, 0.717) is 5.41 Å². The summed E-state index contributed by atoms with van der Waals surface area (Å²) in [6.07, 6.45) is 7.70. The van der Waals surface area contributed by atoms with Crippen molar-refractivity contribution in [3.8, 4) is 0 Å². The first-order valence-electron chi connectivity index (χ1n) is 10.8. The highest BCUT2D eigenvalue weighted by Crippen LogP contribution is 2.36. The van der Waals surface area contributed by atoms with Gasteiger partial charge >= 0.3 is 0 Å². The molecule has 0 aromatic carbocycles. The molecule has 166 valence electrons. The monoisotopic (exact) mass is 535 g/mol. The van der Waals surface area contributed by atoms with E-state index in [0.717, 1.165) is 56.8 Å². The van der Waals surface area contributed by atoms with Gasteiger partial charge in [0.05, 0.1) is 23.9 Å². The minimum Gasteiger partial charge on any atom is -0.379 e. The summed E-state index contributed by atoms with van der Waals surface area (Å²) in [5.74, 6) is 0.922. The van der Waals surface area contributed by atoms with Crippen LogP contribution in [-0.4, -0.2) is 68.8 Å². The molecule has 0 atom stereocenters. The largest absolute Gasteiger partial charge is 0.379 e. The lowest BCUT2D eigenvalue weighted by Gasteiger charge is -2.42. The molecule has 1 aromatic rings. The van der Waals surface area contributed by atoms with Gasteiger partial charge in [-0.25, -0.2) is 4.98 Å². The number of hydrogen-bond donors (Lipinski definition) is 2. The van der Waals surface area contributed by atoms with E-state index in [9.17, 15) is 0 Å². The van der Waals surface area contributed by atoms with E-state index in [1.54, 1.807) is 11.3 Å². The van der Waals surface area contributed by atoms with Crippen molar-refractivity contribution >= 4 is 41.3 Å². The molecule has 2 fully saturated rings. The summed E-state index contributed by atoms with van der Waals surface area (Å²) in [5.41, 5.74) is 1.53. The predicted octanol–water partition coefficient (Wildman–Crippen LogP) is 3.37. The molecule has 2 heterocycles. The number of halogens is 1. The van der Waals surface area contributed by atoms with Crippen LogP contribution in [0.5, 0.6) is 0 Å². The van der Waals surface area contributed by atoms with Gasteiger partial charge in [0.1, 0.15) is 0 Å². The van der Waals surface area contributed by atoms with Crippen molar-refractivity contribution in [2.75, 3.05) is 53.0 Å². The molecular formula is C21H38IN5OS. The summed E-state index contributed by atoms with van der Waals surface area (Å²) in [6, 6.07) is 0. The third-order valence-electron chi connectivity index (χ3n) is 6.08. The maximum absolute atomic E-state index is 5.54. The van der Waals surface area contributed by atoms with Crippen molar-refractivity contribution in [1.29, 1.82) is 0 Å². The lowest BCUT2D eigenvalue weighted by molar-refractivity contribution is 0.00820. The summed E-state index contributed by atoms with van der Waals surface area (Å²) < 4.78 is 5.54. The van der Waals surface area contributed by atoms with Crippen molar-refractivity contribution in [2.24, 2.45) is 10.4 Å². The highest BCUT2D eigenvalue weighted by atomic mass is 127. The average Bonchev–Trinajstić information content (AvgIpc) is 3.03. The first-order valence-corrected chi connectivity index (χ1v) is 11.6. The highest BCUT2D eigenvalue weighted by molar-refractivity contribution is 14.0. The second-order valence-electron chi connectivity index (χ2n) is 8.29. The second-order valence-corrected chi connectivity index (χ2v) is 9.58. The molecule has 1 aliphatic carbocycles. The van der Waals surface area contributed by atoms with E-state index in [4.69, 9.17) is 4.74 Å². The minimum atomic E-state index is 0. The quantitative estimate of drug-likeness (QED) is 0.319. The van der Waals surface area contributed by atoms with Crippen molar-refractivity contribution in [2.45, 2.75) is 52.4 Å². The number of ether oxygens (including phenoxy) is 1. The lowest BCUT2D eigenvalue weighted by atomic mass is 9.73. The fourth-order valence-corrected chi connectivity index (χ4v) is 5.45. The molecule has 2 N–H and O–H groups in total. The Labute approximate surface area is 197 Å². The van der Waals surface area contributed by atoms with Crippen LogP contribution >= 0.6 is 35.3 Å². The summed E-state index contributed by atoms with van der Waals surface area (Å²) in [7, 11) is 1.87. The normalized spacial score (nSPS) is 20.2. The second kappa shape index (κ2) is 12.4. The summed E-state index contributed by atoms with van der Waals surface area (Å²) in [5, 5.41) is 8.29. The number of nitrogens with one attached hydrogen (secondary N) is 2.